The van der Waals surface area contributed by atoms with Gasteiger partial charge in [-0.3, -0.25) is 4.90 Å². The van der Waals surface area contributed by atoms with E-state index in [1.807, 2.05) is 0 Å². The second kappa shape index (κ2) is 5.86. The molecule has 4 heterocycles. The lowest BCUT2D eigenvalue weighted by Gasteiger charge is -2.52. The molecule has 3 nitrogen and oxygen atoms in total. The predicted molar refractivity (Wildman–Crippen MR) is 90.2 cm³/mol. The third-order valence-electron chi connectivity index (χ3n) is 6.40. The van der Waals surface area contributed by atoms with E-state index in [4.69, 9.17) is 0 Å². The van der Waals surface area contributed by atoms with E-state index < -0.39 is 0 Å². The molecular formula is C19H28N2O. The highest BCUT2D eigenvalue weighted by Gasteiger charge is 2.44. The number of nitrogens with one attached hydrogen (secondary N) is 1. The van der Waals surface area contributed by atoms with Gasteiger partial charge in [0.2, 0.25) is 0 Å². The number of aliphatic hydroxyl groups is 1. The summed E-state index contributed by atoms with van der Waals surface area (Å²) in [7, 11) is 0. The fraction of sp³-hybridized carbons (Fsp3) is 0.684. The maximum absolute atomic E-state index is 11.2. The maximum Gasteiger partial charge on any atom is 0.0765 e. The van der Waals surface area contributed by atoms with Crippen molar-refractivity contribution < 1.29 is 5.11 Å². The standard InChI is InChI=1S/C19H28N2O/c1-2-13-12-21-10-8-14(13)11-18(21)19(22)16-7-9-20-17-6-4-3-5-15(16)17/h3-6,13-14,16,18-20,22H,2,7-12H2,1H3/t13-,14-,16-,18-,19+/m0/s1. The van der Waals surface area contributed by atoms with Crippen molar-refractivity contribution in [3.05, 3.63) is 29.8 Å². The summed E-state index contributed by atoms with van der Waals surface area (Å²) < 4.78 is 0. The fourth-order valence-corrected chi connectivity index (χ4v) is 5.12. The zero-order chi connectivity index (χ0) is 15.1. The van der Waals surface area contributed by atoms with E-state index in [2.05, 4.69) is 41.4 Å². The molecule has 0 radical (unpaired) electrons. The number of nitrogens with zero attached hydrogens (tertiary/aromatic N) is 1. The van der Waals surface area contributed by atoms with Gasteiger partial charge in [0, 0.05) is 30.7 Å². The molecule has 1 aromatic carbocycles. The number of para-hydroxylation sites is 1. The number of anilines is 1. The summed E-state index contributed by atoms with van der Waals surface area (Å²) in [6.07, 6.45) is 4.66. The first-order valence-corrected chi connectivity index (χ1v) is 9.03. The van der Waals surface area contributed by atoms with E-state index in [0.717, 1.165) is 24.8 Å². The van der Waals surface area contributed by atoms with Gasteiger partial charge in [-0.15, -0.1) is 0 Å². The first kappa shape index (κ1) is 14.5. The molecule has 2 bridgehead atoms. The molecule has 120 valence electrons. The van der Waals surface area contributed by atoms with E-state index in [1.54, 1.807) is 0 Å². The van der Waals surface area contributed by atoms with E-state index in [0.29, 0.717) is 12.0 Å². The third kappa shape index (κ3) is 2.35. The van der Waals surface area contributed by atoms with Crippen molar-refractivity contribution in [1.29, 1.82) is 0 Å². The number of fused-ring (bicyclic) bond motifs is 4. The lowest BCUT2D eigenvalue weighted by molar-refractivity contribution is -0.0638. The van der Waals surface area contributed by atoms with Crippen LogP contribution in [0.15, 0.2) is 24.3 Å². The van der Waals surface area contributed by atoms with E-state index in [-0.39, 0.29) is 6.10 Å². The van der Waals surface area contributed by atoms with Crippen molar-refractivity contribution in [3.8, 4) is 0 Å². The molecule has 0 spiro atoms. The molecule has 3 saturated heterocycles. The van der Waals surface area contributed by atoms with E-state index in [1.165, 1.54) is 43.6 Å². The van der Waals surface area contributed by atoms with Crippen LogP contribution in [0.5, 0.6) is 0 Å². The number of aliphatic hydroxyl groups excluding tert-OH is 1. The van der Waals surface area contributed by atoms with Crippen molar-refractivity contribution in [2.75, 3.05) is 25.0 Å². The molecule has 3 heteroatoms. The highest BCUT2D eigenvalue weighted by molar-refractivity contribution is 5.55. The second-order valence-corrected chi connectivity index (χ2v) is 7.41. The molecule has 4 aliphatic rings. The van der Waals surface area contributed by atoms with Crippen LogP contribution in [0.25, 0.3) is 0 Å². The molecule has 22 heavy (non-hydrogen) atoms. The van der Waals surface area contributed by atoms with Crippen molar-refractivity contribution in [3.63, 3.8) is 0 Å². The number of benzene rings is 1. The number of hydrogen-bond donors (Lipinski definition) is 2. The van der Waals surface area contributed by atoms with E-state index in [9.17, 15) is 5.11 Å². The zero-order valence-corrected chi connectivity index (χ0v) is 13.5. The highest BCUT2D eigenvalue weighted by atomic mass is 16.3. The summed E-state index contributed by atoms with van der Waals surface area (Å²) in [5, 5.41) is 14.6. The SMILES string of the molecule is CC[C@H]1CN2CC[C@H]1C[C@H]2[C@H](O)[C@H]1CCNc2ccccc21. The van der Waals surface area contributed by atoms with Crippen molar-refractivity contribution in [1.82, 2.24) is 4.90 Å². The molecule has 3 fully saturated rings. The molecule has 0 aromatic heterocycles. The van der Waals surface area contributed by atoms with Gasteiger partial charge in [-0.1, -0.05) is 31.5 Å². The molecule has 5 rings (SSSR count). The summed E-state index contributed by atoms with van der Waals surface area (Å²) >= 11 is 0. The largest absolute Gasteiger partial charge is 0.391 e. The van der Waals surface area contributed by atoms with Gasteiger partial charge in [0.25, 0.3) is 0 Å². The number of hydrogen-bond acceptors (Lipinski definition) is 3. The van der Waals surface area contributed by atoms with Crippen LogP contribution in [0.4, 0.5) is 5.69 Å². The Labute approximate surface area is 133 Å². The monoisotopic (exact) mass is 300 g/mol. The average molecular weight is 300 g/mol. The Hall–Kier alpha value is -1.06. The normalized spacial score (nSPS) is 38.2. The summed E-state index contributed by atoms with van der Waals surface area (Å²) in [6, 6.07) is 8.90. The second-order valence-electron chi connectivity index (χ2n) is 7.41. The van der Waals surface area contributed by atoms with Gasteiger partial charge >= 0.3 is 0 Å². The molecule has 2 N–H and O–H groups in total. The first-order chi connectivity index (χ1) is 10.8. The zero-order valence-electron chi connectivity index (χ0n) is 13.5. The van der Waals surface area contributed by atoms with Crippen molar-refractivity contribution >= 4 is 5.69 Å². The quantitative estimate of drug-likeness (QED) is 0.900. The molecule has 1 unspecified atom stereocenters. The third-order valence-corrected chi connectivity index (χ3v) is 6.40. The summed E-state index contributed by atoms with van der Waals surface area (Å²) in [5.41, 5.74) is 2.54. The van der Waals surface area contributed by atoms with Gasteiger partial charge in [0.05, 0.1) is 6.10 Å². The van der Waals surface area contributed by atoms with Crippen LogP contribution in [0.2, 0.25) is 0 Å². The number of rotatable bonds is 3. The maximum atomic E-state index is 11.2. The Bertz CT molecular complexity index is 532. The lowest BCUT2D eigenvalue weighted by atomic mass is 9.71. The highest BCUT2D eigenvalue weighted by Crippen LogP contribution is 2.43. The van der Waals surface area contributed by atoms with Crippen LogP contribution in [-0.2, 0) is 0 Å². The molecule has 0 amide bonds. The van der Waals surface area contributed by atoms with Crippen LogP contribution < -0.4 is 5.32 Å². The van der Waals surface area contributed by atoms with Crippen LogP contribution in [0.3, 0.4) is 0 Å². The van der Waals surface area contributed by atoms with Gasteiger partial charge in [0.1, 0.15) is 0 Å². The minimum absolute atomic E-state index is 0.219. The molecule has 0 aliphatic carbocycles. The molecule has 6 atom stereocenters. The van der Waals surface area contributed by atoms with E-state index >= 15 is 0 Å². The Morgan fingerprint density at radius 1 is 1.32 bits per heavy atom. The summed E-state index contributed by atoms with van der Waals surface area (Å²) in [5.74, 6) is 1.99. The summed E-state index contributed by atoms with van der Waals surface area (Å²) in [6.45, 7) is 5.69. The average Bonchev–Trinajstić information content (AvgIpc) is 2.60. The fourth-order valence-electron chi connectivity index (χ4n) is 5.12. The predicted octanol–water partition coefficient (Wildman–Crippen LogP) is 3.07. The Kier molecular flexibility index (Phi) is 3.87. The van der Waals surface area contributed by atoms with Gasteiger partial charge in [0.15, 0.2) is 0 Å². The number of piperidine rings is 3. The van der Waals surface area contributed by atoms with Crippen LogP contribution in [0.1, 0.15) is 44.1 Å². The smallest absolute Gasteiger partial charge is 0.0765 e. The van der Waals surface area contributed by atoms with Crippen molar-refractivity contribution in [2.24, 2.45) is 11.8 Å². The Balaban J connectivity index is 1.55. The van der Waals surface area contributed by atoms with Gasteiger partial charge in [-0.05, 0) is 49.3 Å². The topological polar surface area (TPSA) is 35.5 Å². The minimum Gasteiger partial charge on any atom is -0.391 e. The molecular weight excluding hydrogens is 272 g/mol. The lowest BCUT2D eigenvalue weighted by Crippen LogP contribution is -2.58. The molecule has 1 aromatic rings. The van der Waals surface area contributed by atoms with Gasteiger partial charge in [-0.25, -0.2) is 0 Å². The Morgan fingerprint density at radius 3 is 2.95 bits per heavy atom. The van der Waals surface area contributed by atoms with Crippen LogP contribution >= 0.6 is 0 Å². The summed E-state index contributed by atoms with van der Waals surface area (Å²) in [4.78, 5) is 2.59. The van der Waals surface area contributed by atoms with Crippen molar-refractivity contribution in [2.45, 2.75) is 50.7 Å². The Morgan fingerprint density at radius 2 is 2.18 bits per heavy atom. The van der Waals surface area contributed by atoms with Crippen LogP contribution in [0, 0.1) is 11.8 Å². The van der Waals surface area contributed by atoms with Crippen LogP contribution in [-0.4, -0.2) is 41.8 Å². The molecule has 0 saturated carbocycles. The van der Waals surface area contributed by atoms with Gasteiger partial charge in [-0.2, -0.15) is 0 Å². The molecule has 4 aliphatic heterocycles. The first-order valence-electron chi connectivity index (χ1n) is 9.03. The van der Waals surface area contributed by atoms with Gasteiger partial charge < -0.3 is 10.4 Å². The minimum atomic E-state index is -0.219.